The number of nitrogens with one attached hydrogen (secondary N) is 1. The number of aromatic nitrogens is 4. The molecule has 9 nitrogen and oxygen atoms in total. The summed E-state index contributed by atoms with van der Waals surface area (Å²) in [4.78, 5) is 38.3. The van der Waals surface area contributed by atoms with Gasteiger partial charge in [0.2, 0.25) is 5.62 Å². The molecule has 4 aromatic rings. The molecule has 1 fully saturated rings. The largest absolute Gasteiger partial charge is 0.442 e. The average molecular weight is 639 g/mol. The van der Waals surface area contributed by atoms with Crippen molar-refractivity contribution in [2.24, 2.45) is 18.0 Å². The van der Waals surface area contributed by atoms with E-state index in [0.29, 0.717) is 11.1 Å². The van der Waals surface area contributed by atoms with Gasteiger partial charge < -0.3 is 19.2 Å². The maximum atomic E-state index is 14.0. The third-order valence-electron chi connectivity index (χ3n) is 7.37. The highest BCUT2D eigenvalue weighted by molar-refractivity contribution is 5.93. The van der Waals surface area contributed by atoms with E-state index in [-0.39, 0.29) is 40.8 Å². The van der Waals surface area contributed by atoms with Crippen LogP contribution in [0.15, 0.2) is 66.0 Å². The van der Waals surface area contributed by atoms with Gasteiger partial charge in [-0.15, -0.1) is 4.99 Å². The molecule has 3 heterocycles. The van der Waals surface area contributed by atoms with Gasteiger partial charge in [0.15, 0.2) is 5.69 Å². The van der Waals surface area contributed by atoms with E-state index in [1.54, 1.807) is 68.4 Å². The van der Waals surface area contributed by atoms with Crippen molar-refractivity contribution in [2.75, 3.05) is 0 Å². The number of halogens is 4. The minimum absolute atomic E-state index is 0.0308. The summed E-state index contributed by atoms with van der Waals surface area (Å²) >= 11 is 0. The number of carbonyl (C=O) groups is 2. The lowest BCUT2D eigenvalue weighted by atomic mass is 9.99. The minimum Gasteiger partial charge on any atom is -0.442 e. The number of benzene rings is 1. The van der Waals surface area contributed by atoms with E-state index in [0.717, 1.165) is 24.6 Å². The topological polar surface area (TPSA) is 103 Å². The lowest BCUT2D eigenvalue weighted by Gasteiger charge is -2.20. The molecule has 1 aliphatic rings. The normalized spacial score (nSPS) is 14.7. The molecule has 46 heavy (non-hydrogen) atoms. The van der Waals surface area contributed by atoms with Crippen molar-refractivity contribution in [2.45, 2.75) is 64.9 Å². The van der Waals surface area contributed by atoms with Crippen LogP contribution >= 0.6 is 0 Å². The molecule has 1 N–H and O–H groups in total. The highest BCUT2D eigenvalue weighted by Gasteiger charge is 2.37. The number of aryl methyl sites for hydroxylation is 2. The van der Waals surface area contributed by atoms with Crippen molar-refractivity contribution in [3.05, 3.63) is 101 Å². The zero-order valence-electron chi connectivity index (χ0n) is 26.0. The second-order valence-electron chi connectivity index (χ2n) is 12.4. The van der Waals surface area contributed by atoms with Gasteiger partial charge in [-0.05, 0) is 93.5 Å². The fourth-order valence-electron chi connectivity index (χ4n) is 5.10. The fourth-order valence-corrected chi connectivity index (χ4v) is 5.10. The number of rotatable bonds is 7. The first-order valence-electron chi connectivity index (χ1n) is 14.7. The van der Waals surface area contributed by atoms with Gasteiger partial charge in [0.25, 0.3) is 5.91 Å². The van der Waals surface area contributed by atoms with Crippen LogP contribution in [0.1, 0.15) is 72.5 Å². The van der Waals surface area contributed by atoms with Gasteiger partial charge in [-0.1, -0.05) is 12.1 Å². The quantitative estimate of drug-likeness (QED) is 0.233. The second kappa shape index (κ2) is 12.5. The first kappa shape index (κ1) is 32.6. The van der Waals surface area contributed by atoms with Crippen molar-refractivity contribution in [3.63, 3.8) is 0 Å². The number of carbonyl (C=O) groups excluding carboxylic acids is 2. The number of pyridine rings is 2. The van der Waals surface area contributed by atoms with E-state index in [1.165, 1.54) is 30.3 Å². The van der Waals surface area contributed by atoms with Crippen LogP contribution in [0.25, 0.3) is 11.3 Å². The van der Waals surface area contributed by atoms with Crippen LogP contribution in [0.5, 0.6) is 0 Å². The van der Waals surface area contributed by atoms with Gasteiger partial charge in [-0.2, -0.15) is 13.2 Å². The number of hydrogen-bond acceptors (Lipinski definition) is 5. The Labute approximate surface area is 263 Å². The fraction of sp³-hybridized carbons (Fsp3) is 0.364. The summed E-state index contributed by atoms with van der Waals surface area (Å²) in [6.45, 7) is 6.80. The maximum Gasteiger partial charge on any atom is 0.437 e. The van der Waals surface area contributed by atoms with Crippen LogP contribution in [0.4, 0.5) is 22.4 Å². The Morgan fingerprint density at radius 2 is 1.85 bits per heavy atom. The molecule has 13 heteroatoms. The predicted molar refractivity (Wildman–Crippen MR) is 161 cm³/mol. The standard InChI is InChI=1S/C33H34F4N6O3/c1-19-15-22(10-11-24(19)34)27(21-8-9-21)40-29(44)26-17-20(16-25(39-26)23-7-6-12-38-28(23)33(35,36)37)18-43-14-13-42(5)30(43)41-31(45)46-32(2,3)4/h6-7,10-17,21,27H,8-9,18H2,1-5H3,(H,40,44)/b41-30-/t27-/m0/s1. The molecule has 0 saturated heterocycles. The van der Waals surface area contributed by atoms with E-state index in [4.69, 9.17) is 4.74 Å². The number of hydrogen-bond donors (Lipinski definition) is 1. The molecule has 242 valence electrons. The smallest absolute Gasteiger partial charge is 0.437 e. The Morgan fingerprint density at radius 1 is 1.11 bits per heavy atom. The molecule has 2 amide bonds. The number of imidazole rings is 1. The Hall–Kier alpha value is -4.81. The molecule has 1 aromatic carbocycles. The zero-order chi connectivity index (χ0) is 33.4. The summed E-state index contributed by atoms with van der Waals surface area (Å²) in [5.41, 5.74) is -0.631. The Morgan fingerprint density at radius 3 is 2.50 bits per heavy atom. The minimum atomic E-state index is -4.78. The summed E-state index contributed by atoms with van der Waals surface area (Å²) < 4.78 is 64.5. The zero-order valence-corrected chi connectivity index (χ0v) is 26.0. The highest BCUT2D eigenvalue weighted by atomic mass is 19.4. The first-order valence-corrected chi connectivity index (χ1v) is 14.7. The number of amides is 2. The average Bonchev–Trinajstić information content (AvgIpc) is 3.77. The van der Waals surface area contributed by atoms with Gasteiger partial charge in [-0.3, -0.25) is 9.78 Å². The summed E-state index contributed by atoms with van der Waals surface area (Å²) in [6, 6.07) is 9.75. The molecule has 0 aliphatic heterocycles. The van der Waals surface area contributed by atoms with Gasteiger partial charge in [0, 0.05) is 31.2 Å². The lowest BCUT2D eigenvalue weighted by molar-refractivity contribution is -0.140. The Bertz CT molecular complexity index is 1850. The van der Waals surface area contributed by atoms with Gasteiger partial charge in [0.1, 0.15) is 17.1 Å². The highest BCUT2D eigenvalue weighted by Crippen LogP contribution is 2.41. The molecule has 1 saturated carbocycles. The molecule has 0 unspecified atom stereocenters. The van der Waals surface area contributed by atoms with E-state index in [9.17, 15) is 27.2 Å². The Balaban J connectivity index is 1.57. The van der Waals surface area contributed by atoms with Crippen LogP contribution in [-0.2, 0) is 24.5 Å². The van der Waals surface area contributed by atoms with Crippen LogP contribution in [0.2, 0.25) is 0 Å². The SMILES string of the molecule is Cc1cc([C@@H](NC(=O)c2cc(Cn3ccn(C)/c3=N/C(=O)OC(C)(C)C)cc(-c3cccnc3C(F)(F)F)n2)C2CC2)ccc1F. The van der Waals surface area contributed by atoms with Crippen LogP contribution < -0.4 is 10.9 Å². The summed E-state index contributed by atoms with van der Waals surface area (Å²) in [5, 5.41) is 2.98. The van der Waals surface area contributed by atoms with Crippen molar-refractivity contribution < 1.29 is 31.9 Å². The van der Waals surface area contributed by atoms with E-state index < -0.39 is 35.5 Å². The molecule has 0 spiro atoms. The summed E-state index contributed by atoms with van der Waals surface area (Å²) in [6.07, 6.45) is 0.478. The van der Waals surface area contributed by atoms with Gasteiger partial charge >= 0.3 is 12.3 Å². The predicted octanol–water partition coefficient (Wildman–Crippen LogP) is 6.52. The molecule has 1 aliphatic carbocycles. The first-order chi connectivity index (χ1) is 21.6. The van der Waals surface area contributed by atoms with E-state index >= 15 is 0 Å². The van der Waals surface area contributed by atoms with Crippen molar-refractivity contribution in [3.8, 4) is 11.3 Å². The van der Waals surface area contributed by atoms with Crippen LogP contribution in [0.3, 0.4) is 0 Å². The molecule has 3 aromatic heterocycles. The molecule has 0 radical (unpaired) electrons. The Kier molecular flexibility index (Phi) is 8.87. The number of alkyl halides is 3. The molecule has 0 bridgehead atoms. The van der Waals surface area contributed by atoms with Crippen LogP contribution in [0, 0.1) is 18.7 Å². The lowest BCUT2D eigenvalue weighted by Crippen LogP contribution is -2.31. The van der Waals surface area contributed by atoms with Gasteiger partial charge in [0.05, 0.1) is 18.3 Å². The number of ether oxygens (including phenoxy) is 1. The molecule has 5 rings (SSSR count). The van der Waals surface area contributed by atoms with E-state index in [1.807, 2.05) is 0 Å². The molecule has 1 atom stereocenters. The van der Waals surface area contributed by atoms with Crippen LogP contribution in [-0.4, -0.2) is 36.7 Å². The van der Waals surface area contributed by atoms with Gasteiger partial charge in [-0.25, -0.2) is 14.2 Å². The number of nitrogens with zero attached hydrogens (tertiary/aromatic N) is 5. The van der Waals surface area contributed by atoms with Crippen molar-refractivity contribution in [1.29, 1.82) is 0 Å². The molecular weight excluding hydrogens is 604 g/mol. The second-order valence-corrected chi connectivity index (χ2v) is 12.4. The van der Waals surface area contributed by atoms with E-state index in [2.05, 4.69) is 20.3 Å². The van der Waals surface area contributed by atoms with Crippen molar-refractivity contribution in [1.82, 2.24) is 24.4 Å². The monoisotopic (exact) mass is 638 g/mol. The molecular formula is C33H34F4N6O3. The third-order valence-corrected chi connectivity index (χ3v) is 7.37. The summed E-state index contributed by atoms with van der Waals surface area (Å²) in [5.74, 6) is -0.837. The van der Waals surface area contributed by atoms with Crippen molar-refractivity contribution >= 4 is 12.0 Å². The maximum absolute atomic E-state index is 14.0. The summed E-state index contributed by atoms with van der Waals surface area (Å²) in [7, 11) is 1.68. The third kappa shape index (κ3) is 7.69.